The van der Waals surface area contributed by atoms with Crippen LogP contribution in [-0.2, 0) is 9.53 Å². The van der Waals surface area contributed by atoms with Crippen LogP contribution in [0.4, 0.5) is 13.2 Å². The van der Waals surface area contributed by atoms with Crippen LogP contribution in [0.3, 0.4) is 0 Å². The maximum absolute atomic E-state index is 13.5. The number of hydrogen-bond acceptors (Lipinski definition) is 7. The number of esters is 1. The molecule has 5 aliphatic rings. The molecular formula is C18H25F3N4O3S. The summed E-state index contributed by atoms with van der Waals surface area (Å²) in [5, 5.41) is 22.8. The van der Waals surface area contributed by atoms with Crippen LogP contribution in [-0.4, -0.2) is 57.8 Å². The van der Waals surface area contributed by atoms with Gasteiger partial charge in [-0.2, -0.15) is 24.3 Å². The lowest BCUT2D eigenvalue weighted by molar-refractivity contribution is -0.949. The molecule has 1 aliphatic heterocycles. The van der Waals surface area contributed by atoms with E-state index in [1.54, 1.807) is 0 Å². The normalized spacial score (nSPS) is 41.2. The quantitative estimate of drug-likeness (QED) is 0.307. The Morgan fingerprint density at radius 3 is 2.31 bits per heavy atom. The Hall–Kier alpha value is -1.06. The van der Waals surface area contributed by atoms with Gasteiger partial charge in [-0.1, -0.05) is 11.8 Å². The summed E-state index contributed by atoms with van der Waals surface area (Å²) in [5.74, 6) is 5.78. The number of ether oxygens (including phenoxy) is 1. The van der Waals surface area contributed by atoms with Crippen molar-refractivity contribution in [3.63, 3.8) is 0 Å². The molecule has 4 saturated carbocycles. The Bertz CT molecular complexity index is 676. The predicted molar refractivity (Wildman–Crippen MR) is 98.1 cm³/mol. The van der Waals surface area contributed by atoms with E-state index in [1.807, 2.05) is 6.07 Å². The predicted octanol–water partition coefficient (Wildman–Crippen LogP) is 2.47. The molecule has 4 aliphatic carbocycles. The van der Waals surface area contributed by atoms with Gasteiger partial charge in [-0.3, -0.25) is 4.76 Å². The van der Waals surface area contributed by atoms with E-state index in [-0.39, 0.29) is 18.8 Å². The zero-order valence-electron chi connectivity index (χ0n) is 15.9. The highest BCUT2D eigenvalue weighted by Crippen LogP contribution is 2.58. The minimum atomic E-state index is -5.11. The van der Waals surface area contributed by atoms with Crippen molar-refractivity contribution >= 4 is 17.7 Å². The second kappa shape index (κ2) is 7.27. The molecule has 5 rings (SSSR count). The molecular weight excluding hydrogens is 409 g/mol. The van der Waals surface area contributed by atoms with Gasteiger partial charge >= 0.3 is 12.1 Å². The summed E-state index contributed by atoms with van der Waals surface area (Å²) in [6.07, 6.45) is 0.754. The number of quaternary nitrogens is 1. The van der Waals surface area contributed by atoms with Gasteiger partial charge in [0.25, 0.3) is 0 Å². The van der Waals surface area contributed by atoms with Crippen LogP contribution in [0.5, 0.6) is 0 Å². The molecule has 1 saturated heterocycles. The Morgan fingerprint density at radius 2 is 1.83 bits per heavy atom. The average Bonchev–Trinajstić information content (AvgIpc) is 2.99. The van der Waals surface area contributed by atoms with Gasteiger partial charge in [0.1, 0.15) is 18.1 Å². The van der Waals surface area contributed by atoms with Crippen LogP contribution < -0.4 is 5.84 Å². The maximum atomic E-state index is 13.5. The lowest BCUT2D eigenvalue weighted by atomic mass is 9.52. The van der Waals surface area contributed by atoms with E-state index in [0.29, 0.717) is 17.8 Å². The summed E-state index contributed by atoms with van der Waals surface area (Å²) < 4.78 is 41.3. The Labute approximate surface area is 171 Å². The lowest BCUT2D eigenvalue weighted by Crippen LogP contribution is -2.72. The largest absolute Gasteiger partial charge is 0.611 e. The van der Waals surface area contributed by atoms with Gasteiger partial charge in [-0.25, -0.2) is 9.69 Å². The van der Waals surface area contributed by atoms with Crippen LogP contribution in [0, 0.1) is 34.3 Å². The number of nitriles is 1. The van der Waals surface area contributed by atoms with E-state index >= 15 is 0 Å². The first-order valence-electron chi connectivity index (χ1n) is 9.95. The van der Waals surface area contributed by atoms with Gasteiger partial charge in [0.05, 0.1) is 12.6 Å². The molecule has 2 N–H and O–H groups in total. The molecule has 1 heterocycles. The number of nitrogens with zero attached hydrogens (tertiary/aromatic N) is 3. The number of alkyl halides is 3. The second-order valence-electron chi connectivity index (χ2n) is 9.09. The molecule has 7 nitrogen and oxygen atoms in total. The molecule has 162 valence electrons. The monoisotopic (exact) mass is 434 g/mol. The SMILES string of the molecule is N#CC1CSC(OC(=O)C(F)(F)F)N1CC[N+](N)([O-])C12CC3CC(CC(C3)C1)C2. The van der Waals surface area contributed by atoms with Gasteiger partial charge in [0.2, 0.25) is 5.56 Å². The van der Waals surface area contributed by atoms with Crippen LogP contribution in [0.1, 0.15) is 38.5 Å². The minimum absolute atomic E-state index is 0.00276. The Morgan fingerprint density at radius 1 is 1.28 bits per heavy atom. The number of carbonyl (C=O) groups excluding carboxylic acids is 1. The highest BCUT2D eigenvalue weighted by atomic mass is 32.2. The third-order valence-electron chi connectivity index (χ3n) is 7.16. The maximum Gasteiger partial charge on any atom is 0.491 e. The fourth-order valence-electron chi connectivity index (χ4n) is 6.17. The highest BCUT2D eigenvalue weighted by molar-refractivity contribution is 8.00. The summed E-state index contributed by atoms with van der Waals surface area (Å²) in [6, 6.07) is 1.28. The first kappa shape index (κ1) is 21.2. The van der Waals surface area contributed by atoms with E-state index in [2.05, 4.69) is 4.74 Å². The van der Waals surface area contributed by atoms with Gasteiger partial charge in [-0.05, 0) is 37.0 Å². The summed E-state index contributed by atoms with van der Waals surface area (Å²) in [4.78, 5) is 12.6. The molecule has 0 amide bonds. The van der Waals surface area contributed by atoms with Gasteiger partial charge in [0.15, 0.2) is 0 Å². The van der Waals surface area contributed by atoms with Gasteiger partial charge in [-0.15, -0.1) is 0 Å². The number of hydroxylamine groups is 2. The van der Waals surface area contributed by atoms with Crippen molar-refractivity contribution < 1.29 is 27.5 Å². The zero-order chi connectivity index (χ0) is 21.0. The number of carbonyl (C=O) groups is 1. The van der Waals surface area contributed by atoms with Crippen molar-refractivity contribution in [1.82, 2.24) is 4.90 Å². The number of halogens is 3. The summed E-state index contributed by atoms with van der Waals surface area (Å²) in [7, 11) is 0. The number of rotatable bonds is 5. The number of hydrogen-bond donors (Lipinski definition) is 1. The molecule has 29 heavy (non-hydrogen) atoms. The smallest absolute Gasteiger partial charge is 0.491 e. The van der Waals surface area contributed by atoms with Crippen LogP contribution in [0.2, 0.25) is 0 Å². The first-order valence-corrected chi connectivity index (χ1v) is 11.0. The molecule has 0 aromatic heterocycles. The second-order valence-corrected chi connectivity index (χ2v) is 10.2. The molecule has 5 fully saturated rings. The Kier molecular flexibility index (Phi) is 5.31. The number of nitrogens with two attached hydrogens (primary N) is 1. The Balaban J connectivity index is 1.44. The van der Waals surface area contributed by atoms with E-state index in [1.165, 1.54) is 4.90 Å². The molecule has 3 atom stereocenters. The summed E-state index contributed by atoms with van der Waals surface area (Å²) in [6.45, 7) is -0.0479. The fourth-order valence-corrected chi connectivity index (χ4v) is 7.39. The van der Waals surface area contributed by atoms with Crippen LogP contribution in [0.25, 0.3) is 0 Å². The van der Waals surface area contributed by atoms with Crippen LogP contribution in [0.15, 0.2) is 0 Å². The molecule has 0 radical (unpaired) electrons. The lowest BCUT2D eigenvalue weighted by Gasteiger charge is -2.64. The average molecular weight is 434 g/mol. The van der Waals surface area contributed by atoms with E-state index < -0.39 is 34.0 Å². The first-order chi connectivity index (χ1) is 13.5. The van der Waals surface area contributed by atoms with E-state index in [0.717, 1.165) is 50.3 Å². The van der Waals surface area contributed by atoms with E-state index in [4.69, 9.17) is 5.84 Å². The number of thioether (sulfide) groups is 1. The molecule has 0 spiro atoms. The van der Waals surface area contributed by atoms with Crippen molar-refractivity contribution in [3.05, 3.63) is 5.21 Å². The van der Waals surface area contributed by atoms with Crippen molar-refractivity contribution in [2.45, 2.75) is 61.8 Å². The third-order valence-corrected chi connectivity index (χ3v) is 8.32. The van der Waals surface area contributed by atoms with Crippen molar-refractivity contribution in [2.24, 2.45) is 23.6 Å². The third kappa shape index (κ3) is 3.85. The van der Waals surface area contributed by atoms with Crippen molar-refractivity contribution in [2.75, 3.05) is 18.8 Å². The topological polar surface area (TPSA) is 102 Å². The van der Waals surface area contributed by atoms with Crippen LogP contribution >= 0.6 is 11.8 Å². The highest BCUT2D eigenvalue weighted by Gasteiger charge is 2.58. The standard InChI is InChI=1S/C18H25F3N4O3S/c19-18(20,21)15(26)28-16-24(14(9-22)10-29-16)1-2-25(23,27)17-6-11-3-12(7-17)5-13(4-11)8-17/h11-14,16H,1-8,10,23H2. The van der Waals surface area contributed by atoms with E-state index in [9.17, 15) is 28.4 Å². The molecule has 3 unspecified atom stereocenters. The molecule has 0 aromatic rings. The molecule has 11 heteroatoms. The van der Waals surface area contributed by atoms with Gasteiger partial charge in [0, 0.05) is 25.0 Å². The molecule has 0 aromatic carbocycles. The summed E-state index contributed by atoms with van der Waals surface area (Å²) in [5.41, 5.74) is -1.79. The zero-order valence-corrected chi connectivity index (χ0v) is 16.8. The van der Waals surface area contributed by atoms with Gasteiger partial charge < -0.3 is 9.94 Å². The fraction of sp³-hybridized carbons (Fsp3) is 0.889. The van der Waals surface area contributed by atoms with Crippen molar-refractivity contribution in [1.29, 1.82) is 5.26 Å². The minimum Gasteiger partial charge on any atom is -0.611 e. The summed E-state index contributed by atoms with van der Waals surface area (Å²) >= 11 is 0.948. The van der Waals surface area contributed by atoms with Crippen molar-refractivity contribution in [3.8, 4) is 6.07 Å². The molecule has 4 bridgehead atoms.